The lowest BCUT2D eigenvalue weighted by Gasteiger charge is -2.30. The normalized spacial score (nSPS) is 14.8. The Labute approximate surface area is 124 Å². The van der Waals surface area contributed by atoms with Crippen molar-refractivity contribution in [1.29, 1.82) is 0 Å². The van der Waals surface area contributed by atoms with E-state index in [-0.39, 0.29) is 6.04 Å². The number of likely N-dealkylation sites (N-methyl/N-ethyl adjacent to an activating group) is 2. The van der Waals surface area contributed by atoms with Crippen molar-refractivity contribution in [1.82, 2.24) is 9.80 Å². The lowest BCUT2D eigenvalue weighted by Crippen LogP contribution is -2.41. The quantitative estimate of drug-likeness (QED) is 0.793. The molecule has 0 radical (unpaired) electrons. The molecule has 2 atom stereocenters. The van der Waals surface area contributed by atoms with E-state index in [4.69, 9.17) is 5.73 Å². The molecule has 0 aliphatic heterocycles. The Hall–Kier alpha value is -0.900. The predicted molar refractivity (Wildman–Crippen MR) is 88.0 cm³/mol. The van der Waals surface area contributed by atoms with Crippen molar-refractivity contribution < 1.29 is 0 Å². The van der Waals surface area contributed by atoms with E-state index in [9.17, 15) is 0 Å². The lowest BCUT2D eigenvalue weighted by atomic mass is 10.0. The van der Waals surface area contributed by atoms with Gasteiger partial charge < -0.3 is 10.6 Å². The van der Waals surface area contributed by atoms with Crippen molar-refractivity contribution in [3.05, 3.63) is 35.4 Å². The van der Waals surface area contributed by atoms with Crippen LogP contribution in [-0.4, -0.2) is 49.6 Å². The van der Waals surface area contributed by atoms with Crippen LogP contribution in [0.4, 0.5) is 0 Å². The number of benzene rings is 1. The molecule has 2 unspecified atom stereocenters. The van der Waals surface area contributed by atoms with Crippen LogP contribution in [0.15, 0.2) is 24.3 Å². The van der Waals surface area contributed by atoms with E-state index >= 15 is 0 Å². The van der Waals surface area contributed by atoms with Crippen LogP contribution in [0.25, 0.3) is 0 Å². The fourth-order valence-electron chi connectivity index (χ4n) is 2.71. The fourth-order valence-corrected chi connectivity index (χ4v) is 2.71. The first kappa shape index (κ1) is 17.2. The molecule has 2 N–H and O–H groups in total. The smallest absolute Gasteiger partial charge is 0.0307 e. The van der Waals surface area contributed by atoms with E-state index in [2.05, 4.69) is 68.9 Å². The summed E-state index contributed by atoms with van der Waals surface area (Å²) in [6.07, 6.45) is 1.01. The third kappa shape index (κ3) is 5.61. The van der Waals surface area contributed by atoms with Crippen molar-refractivity contribution in [2.75, 3.05) is 33.7 Å². The molecule has 0 aromatic heterocycles. The molecule has 0 saturated carbocycles. The van der Waals surface area contributed by atoms with Gasteiger partial charge in [-0.3, -0.25) is 4.90 Å². The molecule has 3 heteroatoms. The van der Waals surface area contributed by atoms with Crippen molar-refractivity contribution in [2.45, 2.75) is 39.3 Å². The highest BCUT2D eigenvalue weighted by Gasteiger charge is 2.14. The van der Waals surface area contributed by atoms with Gasteiger partial charge in [-0.1, -0.05) is 36.8 Å². The molecular formula is C17H31N3. The zero-order valence-electron chi connectivity index (χ0n) is 13.8. The molecule has 0 amide bonds. The highest BCUT2D eigenvalue weighted by molar-refractivity contribution is 5.24. The molecule has 20 heavy (non-hydrogen) atoms. The number of aryl methyl sites for hydroxylation is 1. The first-order valence-corrected chi connectivity index (χ1v) is 7.65. The van der Waals surface area contributed by atoms with Gasteiger partial charge in [0.25, 0.3) is 0 Å². The Balaban J connectivity index is 2.51. The van der Waals surface area contributed by atoms with Crippen LogP contribution in [0.2, 0.25) is 0 Å². The Bertz CT molecular complexity index is 390. The van der Waals surface area contributed by atoms with Gasteiger partial charge in [0.2, 0.25) is 0 Å². The van der Waals surface area contributed by atoms with Crippen LogP contribution in [0.5, 0.6) is 0 Å². The lowest BCUT2D eigenvalue weighted by molar-refractivity contribution is 0.176. The molecule has 0 spiro atoms. The molecule has 0 fully saturated rings. The van der Waals surface area contributed by atoms with Crippen LogP contribution in [0.3, 0.4) is 0 Å². The minimum absolute atomic E-state index is 0.135. The average molecular weight is 277 g/mol. The maximum atomic E-state index is 6.33. The zero-order valence-corrected chi connectivity index (χ0v) is 13.8. The van der Waals surface area contributed by atoms with Crippen LogP contribution >= 0.6 is 0 Å². The summed E-state index contributed by atoms with van der Waals surface area (Å²) in [4.78, 5) is 4.75. The highest BCUT2D eigenvalue weighted by Crippen LogP contribution is 2.16. The van der Waals surface area contributed by atoms with E-state index in [1.165, 1.54) is 11.1 Å². The molecule has 1 aromatic carbocycles. The van der Waals surface area contributed by atoms with Gasteiger partial charge in [-0.05, 0) is 46.5 Å². The first-order chi connectivity index (χ1) is 9.43. The number of nitrogens with zero attached hydrogens (tertiary/aromatic N) is 2. The standard InChI is InChI=1S/C17H31N3/c1-6-20(15(3)13-19(4)5)11-10-17(18)16-9-7-8-14(2)12-16/h7-9,12,15,17H,6,10-11,13,18H2,1-5H3. The highest BCUT2D eigenvalue weighted by atomic mass is 15.2. The topological polar surface area (TPSA) is 32.5 Å². The molecule has 0 heterocycles. The molecule has 0 aliphatic rings. The largest absolute Gasteiger partial charge is 0.324 e. The minimum Gasteiger partial charge on any atom is -0.324 e. The van der Waals surface area contributed by atoms with Crippen molar-refractivity contribution in [3.8, 4) is 0 Å². The van der Waals surface area contributed by atoms with Crippen LogP contribution in [0.1, 0.15) is 37.4 Å². The van der Waals surface area contributed by atoms with Gasteiger partial charge in [0.05, 0.1) is 0 Å². The average Bonchev–Trinajstić information content (AvgIpc) is 2.38. The first-order valence-electron chi connectivity index (χ1n) is 7.65. The monoisotopic (exact) mass is 277 g/mol. The summed E-state index contributed by atoms with van der Waals surface area (Å²) in [5.41, 5.74) is 8.87. The number of nitrogens with two attached hydrogens (primary N) is 1. The maximum absolute atomic E-state index is 6.33. The number of hydrogen-bond acceptors (Lipinski definition) is 3. The van der Waals surface area contributed by atoms with E-state index in [1.807, 2.05) is 0 Å². The van der Waals surface area contributed by atoms with Crippen LogP contribution in [0, 0.1) is 6.92 Å². The second kappa shape index (κ2) is 8.40. The van der Waals surface area contributed by atoms with Gasteiger partial charge in [-0.25, -0.2) is 0 Å². The SMILES string of the molecule is CCN(CCC(N)c1cccc(C)c1)C(C)CN(C)C. The van der Waals surface area contributed by atoms with E-state index in [1.54, 1.807) is 0 Å². The molecule has 0 aliphatic carbocycles. The molecule has 0 bridgehead atoms. The molecular weight excluding hydrogens is 246 g/mol. The van der Waals surface area contributed by atoms with E-state index in [0.717, 1.165) is 26.1 Å². The molecule has 1 aromatic rings. The van der Waals surface area contributed by atoms with Crippen molar-refractivity contribution in [2.24, 2.45) is 5.73 Å². The van der Waals surface area contributed by atoms with E-state index < -0.39 is 0 Å². The van der Waals surface area contributed by atoms with Crippen LogP contribution in [-0.2, 0) is 0 Å². The van der Waals surface area contributed by atoms with Crippen LogP contribution < -0.4 is 5.73 Å². The van der Waals surface area contributed by atoms with Crippen molar-refractivity contribution >= 4 is 0 Å². The van der Waals surface area contributed by atoms with Gasteiger partial charge in [-0.2, -0.15) is 0 Å². The van der Waals surface area contributed by atoms with Gasteiger partial charge in [0.1, 0.15) is 0 Å². The van der Waals surface area contributed by atoms with Gasteiger partial charge >= 0.3 is 0 Å². The summed E-state index contributed by atoms with van der Waals surface area (Å²) in [5, 5.41) is 0. The third-order valence-corrected chi connectivity index (χ3v) is 3.86. The Kier molecular flexibility index (Phi) is 7.20. The summed E-state index contributed by atoms with van der Waals surface area (Å²) in [5.74, 6) is 0. The molecule has 3 nitrogen and oxygen atoms in total. The summed E-state index contributed by atoms with van der Waals surface area (Å²) in [7, 11) is 4.26. The minimum atomic E-state index is 0.135. The summed E-state index contributed by atoms with van der Waals surface area (Å²) in [6, 6.07) is 9.25. The molecule has 0 saturated heterocycles. The van der Waals surface area contributed by atoms with Crippen molar-refractivity contribution in [3.63, 3.8) is 0 Å². The molecule has 114 valence electrons. The summed E-state index contributed by atoms with van der Waals surface area (Å²) in [6.45, 7) is 9.86. The number of rotatable bonds is 8. The Morgan fingerprint density at radius 3 is 2.50 bits per heavy atom. The van der Waals surface area contributed by atoms with Gasteiger partial charge in [-0.15, -0.1) is 0 Å². The predicted octanol–water partition coefficient (Wildman–Crippen LogP) is 2.66. The fraction of sp³-hybridized carbons (Fsp3) is 0.647. The Morgan fingerprint density at radius 2 is 1.95 bits per heavy atom. The number of hydrogen-bond donors (Lipinski definition) is 1. The third-order valence-electron chi connectivity index (χ3n) is 3.86. The second-order valence-corrected chi connectivity index (χ2v) is 6.05. The zero-order chi connectivity index (χ0) is 15.1. The van der Waals surface area contributed by atoms with E-state index in [0.29, 0.717) is 6.04 Å². The second-order valence-electron chi connectivity index (χ2n) is 6.05. The maximum Gasteiger partial charge on any atom is 0.0307 e. The van der Waals surface area contributed by atoms with Gasteiger partial charge in [0.15, 0.2) is 0 Å². The van der Waals surface area contributed by atoms with Gasteiger partial charge in [0, 0.05) is 25.2 Å². The summed E-state index contributed by atoms with van der Waals surface area (Å²) >= 11 is 0. The summed E-state index contributed by atoms with van der Waals surface area (Å²) < 4.78 is 0. The Morgan fingerprint density at radius 1 is 1.25 bits per heavy atom. The molecule has 1 rings (SSSR count).